The monoisotopic (exact) mass is 477 g/mol. The van der Waals surface area contributed by atoms with Crippen LogP contribution in [0.5, 0.6) is 0 Å². The van der Waals surface area contributed by atoms with Crippen molar-refractivity contribution in [3.8, 4) is 0 Å². The third kappa shape index (κ3) is 80.6. The Labute approximate surface area is 167 Å². The van der Waals surface area contributed by atoms with Crippen LogP contribution in [0.3, 0.4) is 0 Å². The fourth-order valence-corrected chi connectivity index (χ4v) is 0. The summed E-state index contributed by atoms with van der Waals surface area (Å²) in [7, 11) is 0. The van der Waals surface area contributed by atoms with E-state index in [0.717, 1.165) is 12.8 Å². The molecule has 96 valence electrons. The summed E-state index contributed by atoms with van der Waals surface area (Å²) in [5, 5.41) is 16.7. The second-order valence-corrected chi connectivity index (χ2v) is 2.51. The van der Waals surface area contributed by atoms with Gasteiger partial charge in [-0.3, -0.25) is 0 Å². The molecule has 0 bridgehead atoms. The Bertz CT molecular complexity index is 57.9. The summed E-state index contributed by atoms with van der Waals surface area (Å²) >= 11 is 0. The predicted molar refractivity (Wildman–Crippen MR) is 65.2 cm³/mol. The van der Waals surface area contributed by atoms with Gasteiger partial charge in [0.25, 0.3) is 0 Å². The molecule has 15 heavy (non-hydrogen) atoms. The van der Waals surface area contributed by atoms with Crippen LogP contribution in [-0.2, 0) is 0 Å². The van der Waals surface area contributed by atoms with E-state index in [-0.39, 0.29) is 119 Å². The normalized spacial score (nSPS) is 10.0. The summed E-state index contributed by atoms with van der Waals surface area (Å²) in [6.07, 6.45) is 1.49. The van der Waals surface area contributed by atoms with Gasteiger partial charge >= 0.3 is 1.43 Å². The van der Waals surface area contributed by atoms with E-state index in [9.17, 15) is 0 Å². The van der Waals surface area contributed by atoms with Gasteiger partial charge < -0.3 is 10.2 Å². The summed E-state index contributed by atoms with van der Waals surface area (Å²) in [5.41, 5.74) is 0. The minimum atomic E-state index is -0.116. The fourth-order valence-electron chi connectivity index (χ4n) is 0. The zero-order valence-electron chi connectivity index (χ0n) is 9.46. The first-order valence-electron chi connectivity index (χ1n) is 3.90. The van der Waals surface area contributed by atoms with Gasteiger partial charge in [0.1, 0.15) is 0 Å². The number of rotatable bonds is 2. The maximum Gasteiger partial charge on any atom is 1.00 e. The molecule has 0 aliphatic heterocycles. The first-order valence-corrected chi connectivity index (χ1v) is 3.90. The van der Waals surface area contributed by atoms with Gasteiger partial charge in [-0.2, -0.15) is 0 Å². The molecule has 0 aromatic carbocycles. The van der Waals surface area contributed by atoms with E-state index in [1.165, 1.54) is 0 Å². The Morgan fingerprint density at radius 2 is 0.867 bits per heavy atom. The summed E-state index contributed by atoms with van der Waals surface area (Å²) in [6.45, 7) is 7.45. The topological polar surface area (TPSA) is 40.5 Å². The number of aliphatic hydroxyl groups is 2. The molecule has 2 unspecified atom stereocenters. The number of hydrogen-bond acceptors (Lipinski definition) is 2. The molecule has 0 fully saturated rings. The first-order chi connectivity index (χ1) is 4.54. The van der Waals surface area contributed by atoms with Crippen molar-refractivity contribution in [3.63, 3.8) is 0 Å². The Hall–Kier alpha value is 2.67. The van der Waals surface area contributed by atoms with Crippen LogP contribution in [-0.4, -0.2) is 22.4 Å². The van der Waals surface area contributed by atoms with Gasteiger partial charge in [0.15, 0.2) is 0 Å². The molecule has 0 saturated carbocycles. The Kier molecular flexibility index (Phi) is 103. The van der Waals surface area contributed by atoms with Crippen LogP contribution in [0.4, 0.5) is 0 Å². The third-order valence-corrected chi connectivity index (χ3v) is 1.18. The van der Waals surface area contributed by atoms with E-state index in [4.69, 9.17) is 10.2 Å². The van der Waals surface area contributed by atoms with Gasteiger partial charge in [-0.15, -0.1) is 0 Å². The second-order valence-electron chi connectivity index (χ2n) is 2.51. The Morgan fingerprint density at radius 3 is 0.867 bits per heavy atom. The molecule has 0 aliphatic rings. The van der Waals surface area contributed by atoms with Crippen molar-refractivity contribution >= 4 is 0 Å². The van der Waals surface area contributed by atoms with Crippen molar-refractivity contribution in [1.82, 2.24) is 0 Å². The second kappa shape index (κ2) is 36.0. The molecule has 0 rings (SSSR count). The summed E-state index contributed by atoms with van der Waals surface area (Å²) in [4.78, 5) is 0. The molecule has 0 radical (unpaired) electrons. The van der Waals surface area contributed by atoms with Crippen LogP contribution >= 0.6 is 0 Å². The quantitative estimate of drug-likeness (QED) is 0.639. The Balaban J connectivity index is -0.00000000970. The zero-order valence-corrected chi connectivity index (χ0v) is 14.7. The molecule has 0 aromatic rings. The van der Waals surface area contributed by atoms with Crippen LogP contribution in [0.1, 0.15) is 64.2 Å². The van der Waals surface area contributed by atoms with E-state index in [1.54, 1.807) is 13.8 Å². The molecular weight excluding hydrogens is 444 g/mol. The van der Waals surface area contributed by atoms with Gasteiger partial charge in [-0.25, -0.2) is 0 Å². The number of hydrogen-bond donors (Lipinski definition) is 2. The van der Waals surface area contributed by atoms with Gasteiger partial charge in [-0.05, 0) is 26.7 Å². The van der Waals surface area contributed by atoms with Crippen LogP contribution in [0.25, 0.3) is 0 Å². The fraction of sp³-hybridized carbons (Fsp3) is 1.00. The molecule has 0 saturated heterocycles. The molecule has 4 heteroatoms. The van der Waals surface area contributed by atoms with Gasteiger partial charge in [0.2, 0.25) is 0 Å². The summed E-state index contributed by atoms with van der Waals surface area (Å²) in [6, 6.07) is 0. The molecule has 0 amide bonds. The maximum atomic E-state index is 8.36. The first kappa shape index (κ1) is 43.1. The van der Waals surface area contributed by atoms with E-state index < -0.39 is 0 Å². The zero-order chi connectivity index (χ0) is 8.57. The molecule has 0 aliphatic carbocycles. The number of aliphatic hydroxyl groups excluding tert-OH is 2. The van der Waals surface area contributed by atoms with Crippen molar-refractivity contribution in [2.45, 2.75) is 75.0 Å². The van der Waals surface area contributed by atoms with Gasteiger partial charge in [0.05, 0.1) is 12.2 Å². The minimum absolute atomic E-state index is 0. The van der Waals surface area contributed by atoms with E-state index in [2.05, 4.69) is 0 Å². The van der Waals surface area contributed by atoms with Crippen molar-refractivity contribution < 1.29 is 95.1 Å². The van der Waals surface area contributed by atoms with Crippen LogP contribution < -0.4 is 0 Å². The SMILES string of the molecule is C.C.C.CCC(C)O.CCC(C)O.[Ce].[Ce].[H+]. The van der Waals surface area contributed by atoms with Crippen molar-refractivity contribution in [1.29, 1.82) is 0 Å². The average molecular weight is 478 g/mol. The van der Waals surface area contributed by atoms with Crippen LogP contribution in [0.15, 0.2) is 0 Å². The average Bonchev–Trinajstić information content (AvgIpc) is 1.89. The Morgan fingerprint density at radius 1 is 0.800 bits per heavy atom. The molecule has 2 N–H and O–H groups in total. The molecule has 0 spiro atoms. The standard InChI is InChI=1S/2C4H10O.3CH4.2Ce/c2*1-3-4(2)5;;;;;/h2*4-5H,3H2,1-2H3;3*1H4;;/p+1. The van der Waals surface area contributed by atoms with Gasteiger partial charge in [-0.1, -0.05) is 36.1 Å². The maximum absolute atomic E-state index is 8.36. The van der Waals surface area contributed by atoms with Crippen LogP contribution in [0, 0.1) is 83.5 Å². The minimum Gasteiger partial charge on any atom is -0.393 e. The molecule has 2 atom stereocenters. The summed E-state index contributed by atoms with van der Waals surface area (Å²) in [5.74, 6) is 0. The molecule has 0 heterocycles. The predicted octanol–water partition coefficient (Wildman–Crippen LogP) is 3.58. The molecular formula is C11H33Ce2O2+. The third-order valence-electron chi connectivity index (χ3n) is 1.18. The summed E-state index contributed by atoms with van der Waals surface area (Å²) < 4.78 is 0. The smallest absolute Gasteiger partial charge is 0.393 e. The molecule has 0 aromatic heterocycles. The largest absolute Gasteiger partial charge is 1.00 e. The van der Waals surface area contributed by atoms with Gasteiger partial charge in [0, 0.05) is 83.5 Å². The van der Waals surface area contributed by atoms with E-state index in [1.807, 2.05) is 13.8 Å². The van der Waals surface area contributed by atoms with E-state index >= 15 is 0 Å². The van der Waals surface area contributed by atoms with Crippen molar-refractivity contribution in [3.05, 3.63) is 0 Å². The van der Waals surface area contributed by atoms with Crippen molar-refractivity contribution in [2.24, 2.45) is 0 Å². The van der Waals surface area contributed by atoms with Crippen LogP contribution in [0.2, 0.25) is 0 Å². The molecule has 2 nitrogen and oxygen atoms in total. The van der Waals surface area contributed by atoms with E-state index in [0.29, 0.717) is 0 Å². The van der Waals surface area contributed by atoms with Crippen molar-refractivity contribution in [2.75, 3.05) is 0 Å².